The zero-order chi connectivity index (χ0) is 14.5. The van der Waals surface area contributed by atoms with E-state index < -0.39 is 0 Å². The lowest BCUT2D eigenvalue weighted by atomic mass is 10.1. The fourth-order valence-corrected chi connectivity index (χ4v) is 2.24. The largest absolute Gasteiger partial charge is 0.373 e. The Bertz CT molecular complexity index is 353. The smallest absolute Gasteiger partial charge is 0.0721 e. The van der Waals surface area contributed by atoms with Gasteiger partial charge in [0, 0.05) is 0 Å². The van der Waals surface area contributed by atoms with Gasteiger partial charge in [-0.2, -0.15) is 0 Å². The van der Waals surface area contributed by atoms with Crippen molar-refractivity contribution >= 4 is 0 Å². The number of allylic oxidation sites excluding steroid dienone is 1. The molecule has 0 fully saturated rings. The Kier molecular flexibility index (Phi) is 9.95. The quantitative estimate of drug-likeness (QED) is 0.360. The normalized spacial score (nSPS) is 11.8. The van der Waals surface area contributed by atoms with Gasteiger partial charge in [-0.3, -0.25) is 0 Å². The van der Waals surface area contributed by atoms with Crippen LogP contribution in [0, 0.1) is 0 Å². The van der Waals surface area contributed by atoms with Crippen LogP contribution >= 0.6 is 0 Å². The number of hydrogen-bond donors (Lipinski definition) is 0. The fraction of sp³-hybridized carbons (Fsp3) is 0.579. The molecule has 1 rings (SSSR count). The summed E-state index contributed by atoms with van der Waals surface area (Å²) in [5, 5.41) is 0. The summed E-state index contributed by atoms with van der Waals surface area (Å²) in [7, 11) is 0. The molecule has 0 aliphatic rings. The van der Waals surface area contributed by atoms with Crippen molar-refractivity contribution in [1.29, 1.82) is 0 Å². The fourth-order valence-electron chi connectivity index (χ4n) is 2.24. The van der Waals surface area contributed by atoms with E-state index in [1.807, 2.05) is 6.07 Å². The van der Waals surface area contributed by atoms with Crippen LogP contribution in [0.1, 0.15) is 64.4 Å². The molecule has 0 heterocycles. The summed E-state index contributed by atoms with van der Waals surface area (Å²) in [6, 6.07) is 10.4. The highest BCUT2D eigenvalue weighted by Crippen LogP contribution is 2.11. The van der Waals surface area contributed by atoms with Crippen LogP contribution in [0.25, 0.3) is 0 Å². The zero-order valence-electron chi connectivity index (χ0n) is 13.2. The predicted octanol–water partition coefficient (Wildman–Crippen LogP) is 5.90. The van der Waals surface area contributed by atoms with Crippen molar-refractivity contribution in [2.75, 3.05) is 6.61 Å². The Morgan fingerprint density at radius 2 is 1.70 bits per heavy atom. The third kappa shape index (κ3) is 8.92. The molecule has 0 N–H and O–H groups in total. The first-order chi connectivity index (χ1) is 9.83. The van der Waals surface area contributed by atoms with Crippen molar-refractivity contribution in [1.82, 2.24) is 0 Å². The van der Waals surface area contributed by atoms with Gasteiger partial charge >= 0.3 is 0 Å². The highest BCUT2D eigenvalue weighted by Gasteiger charge is 1.94. The number of benzene rings is 1. The van der Waals surface area contributed by atoms with Gasteiger partial charge in [-0.05, 0) is 25.3 Å². The maximum absolute atomic E-state index is 5.67. The minimum absolute atomic E-state index is 0.710. The van der Waals surface area contributed by atoms with Crippen LogP contribution < -0.4 is 0 Å². The molecule has 0 bridgehead atoms. The molecular weight excluding hydrogens is 244 g/mol. The number of hydrogen-bond acceptors (Lipinski definition) is 1. The summed E-state index contributed by atoms with van der Waals surface area (Å²) in [4.78, 5) is 0. The lowest BCUT2D eigenvalue weighted by molar-refractivity contribution is 0.148. The van der Waals surface area contributed by atoms with Crippen molar-refractivity contribution < 1.29 is 4.74 Å². The van der Waals surface area contributed by atoms with Crippen LogP contribution in [-0.2, 0) is 11.3 Å². The number of unbranched alkanes of at least 4 members (excludes halogenated alkanes) is 5. The molecule has 1 nitrogen and oxygen atoms in total. The van der Waals surface area contributed by atoms with E-state index in [4.69, 9.17) is 4.74 Å². The van der Waals surface area contributed by atoms with Crippen molar-refractivity contribution in [3.05, 3.63) is 47.5 Å². The maximum Gasteiger partial charge on any atom is 0.0721 e. The van der Waals surface area contributed by atoms with E-state index in [2.05, 4.69) is 44.2 Å². The van der Waals surface area contributed by atoms with Crippen LogP contribution in [0.15, 0.2) is 42.0 Å². The van der Waals surface area contributed by atoms with E-state index in [1.54, 1.807) is 0 Å². The third-order valence-electron chi connectivity index (χ3n) is 3.59. The van der Waals surface area contributed by atoms with E-state index in [0.29, 0.717) is 6.61 Å². The van der Waals surface area contributed by atoms with Gasteiger partial charge in [0.1, 0.15) is 0 Å². The van der Waals surface area contributed by atoms with Crippen molar-refractivity contribution in [3.8, 4) is 0 Å². The topological polar surface area (TPSA) is 9.23 Å². The Balaban J connectivity index is 2.01. The molecule has 20 heavy (non-hydrogen) atoms. The van der Waals surface area contributed by atoms with Crippen LogP contribution in [0.2, 0.25) is 0 Å². The van der Waals surface area contributed by atoms with Gasteiger partial charge in [0.2, 0.25) is 0 Å². The molecule has 0 aliphatic carbocycles. The molecule has 0 radical (unpaired) electrons. The van der Waals surface area contributed by atoms with Gasteiger partial charge in [0.05, 0.1) is 13.2 Å². The average Bonchev–Trinajstić information content (AvgIpc) is 2.48. The average molecular weight is 274 g/mol. The monoisotopic (exact) mass is 274 g/mol. The van der Waals surface area contributed by atoms with E-state index in [1.165, 1.54) is 56.1 Å². The summed E-state index contributed by atoms with van der Waals surface area (Å²) in [6.45, 7) is 5.93. The Morgan fingerprint density at radius 3 is 2.45 bits per heavy atom. The first kappa shape index (κ1) is 17.0. The summed E-state index contributed by atoms with van der Waals surface area (Å²) < 4.78 is 5.67. The first-order valence-corrected chi connectivity index (χ1v) is 8.10. The second-order valence-electron chi connectivity index (χ2n) is 5.57. The van der Waals surface area contributed by atoms with Crippen LogP contribution in [0.5, 0.6) is 0 Å². The van der Waals surface area contributed by atoms with Gasteiger partial charge in [-0.15, -0.1) is 0 Å². The van der Waals surface area contributed by atoms with E-state index in [-0.39, 0.29) is 0 Å². The maximum atomic E-state index is 5.67. The van der Waals surface area contributed by atoms with Crippen LogP contribution in [-0.4, -0.2) is 6.61 Å². The molecule has 0 saturated heterocycles. The first-order valence-electron chi connectivity index (χ1n) is 8.10. The molecule has 0 aliphatic heterocycles. The molecule has 0 saturated carbocycles. The van der Waals surface area contributed by atoms with E-state index >= 15 is 0 Å². The molecule has 0 aromatic heterocycles. The highest BCUT2D eigenvalue weighted by atomic mass is 16.5. The Morgan fingerprint density at radius 1 is 1.00 bits per heavy atom. The molecule has 0 unspecified atom stereocenters. The van der Waals surface area contributed by atoms with Gasteiger partial charge < -0.3 is 4.74 Å². The molecule has 0 atom stereocenters. The lowest BCUT2D eigenvalue weighted by Crippen LogP contribution is -1.93. The standard InChI is InChI=1S/C19H30O/c1-3-4-5-6-7-9-12-18(2)15-16-20-17-19-13-10-8-11-14-19/h8,10-11,13-15H,3-7,9,12,16-17H2,1-2H3. The minimum atomic E-state index is 0.710. The van der Waals surface area contributed by atoms with Gasteiger partial charge in [-0.1, -0.05) is 81.0 Å². The molecule has 1 heteroatoms. The second kappa shape index (κ2) is 11.7. The van der Waals surface area contributed by atoms with Crippen molar-refractivity contribution in [3.63, 3.8) is 0 Å². The Labute approximate surface area is 125 Å². The molecule has 0 spiro atoms. The SMILES string of the molecule is CCCCCCCCC(C)=CCOCc1ccccc1. The number of ether oxygens (including phenoxy) is 1. The van der Waals surface area contributed by atoms with E-state index in [9.17, 15) is 0 Å². The number of rotatable bonds is 11. The lowest BCUT2D eigenvalue weighted by Gasteiger charge is -2.04. The summed E-state index contributed by atoms with van der Waals surface area (Å²) in [5.41, 5.74) is 2.71. The summed E-state index contributed by atoms with van der Waals surface area (Å²) >= 11 is 0. The highest BCUT2D eigenvalue weighted by molar-refractivity contribution is 5.13. The van der Waals surface area contributed by atoms with Crippen LogP contribution in [0.4, 0.5) is 0 Å². The zero-order valence-corrected chi connectivity index (χ0v) is 13.2. The molecule has 112 valence electrons. The van der Waals surface area contributed by atoms with Crippen molar-refractivity contribution in [2.45, 2.75) is 65.4 Å². The van der Waals surface area contributed by atoms with E-state index in [0.717, 1.165) is 6.61 Å². The molecular formula is C19H30O. The predicted molar refractivity (Wildman–Crippen MR) is 87.8 cm³/mol. The molecule has 1 aromatic carbocycles. The minimum Gasteiger partial charge on any atom is -0.373 e. The van der Waals surface area contributed by atoms with Gasteiger partial charge in [0.25, 0.3) is 0 Å². The van der Waals surface area contributed by atoms with Crippen molar-refractivity contribution in [2.24, 2.45) is 0 Å². The second-order valence-corrected chi connectivity index (χ2v) is 5.57. The van der Waals surface area contributed by atoms with Gasteiger partial charge in [0.15, 0.2) is 0 Å². The molecule has 0 amide bonds. The van der Waals surface area contributed by atoms with Gasteiger partial charge in [-0.25, -0.2) is 0 Å². The van der Waals surface area contributed by atoms with Crippen LogP contribution in [0.3, 0.4) is 0 Å². The third-order valence-corrected chi connectivity index (χ3v) is 3.59. The Hall–Kier alpha value is -1.08. The molecule has 1 aromatic rings. The summed E-state index contributed by atoms with van der Waals surface area (Å²) in [5.74, 6) is 0. The summed E-state index contributed by atoms with van der Waals surface area (Å²) in [6.07, 6.45) is 11.7.